The molecule has 2 N–H and O–H groups in total. The van der Waals surface area contributed by atoms with Gasteiger partial charge in [0.05, 0.1) is 0 Å². The number of amides is 1. The second kappa shape index (κ2) is 5.07. The highest BCUT2D eigenvalue weighted by Crippen LogP contribution is 2.29. The molecule has 0 spiro atoms. The first-order valence-electron chi connectivity index (χ1n) is 6.28. The lowest BCUT2D eigenvalue weighted by Gasteiger charge is -2.04. The third kappa shape index (κ3) is 2.30. The van der Waals surface area contributed by atoms with Crippen LogP contribution in [0.2, 0.25) is 5.02 Å². The first-order valence-corrected chi connectivity index (χ1v) is 6.66. The third-order valence-electron chi connectivity index (χ3n) is 3.27. The summed E-state index contributed by atoms with van der Waals surface area (Å²) < 4.78 is 1.66. The largest absolute Gasteiger partial charge is 0.363 e. The van der Waals surface area contributed by atoms with Gasteiger partial charge in [0.25, 0.3) is 11.7 Å². The minimum Gasteiger partial charge on any atom is -0.363 e. The van der Waals surface area contributed by atoms with Gasteiger partial charge >= 0.3 is 0 Å². The predicted octanol–water partition coefficient (Wildman–Crippen LogP) is 2.93. The number of nitrogens with zero attached hydrogens (tertiary/aromatic N) is 1. The topological polar surface area (TPSA) is 64.6 Å². The fraction of sp³-hybridized carbons (Fsp3) is 0. The number of hydrogen-bond donors (Lipinski definition) is 1. The van der Waals surface area contributed by atoms with Crippen molar-refractivity contribution < 1.29 is 9.59 Å². The van der Waals surface area contributed by atoms with Crippen molar-refractivity contribution in [3.63, 3.8) is 0 Å². The van der Waals surface area contributed by atoms with E-state index in [4.69, 9.17) is 17.3 Å². The molecular weight excluding hydrogens is 288 g/mol. The number of aromatic nitrogens is 1. The summed E-state index contributed by atoms with van der Waals surface area (Å²) in [5.74, 6) is -1.69. The zero-order chi connectivity index (χ0) is 15.0. The SMILES string of the molecule is NC(=O)C(=O)c1c(-c2ccc(Cl)cc2)cc2ccccn12. The van der Waals surface area contributed by atoms with E-state index in [1.807, 2.05) is 18.2 Å². The van der Waals surface area contributed by atoms with Crippen LogP contribution in [-0.4, -0.2) is 16.1 Å². The van der Waals surface area contributed by atoms with Crippen LogP contribution in [0, 0.1) is 0 Å². The molecule has 0 saturated carbocycles. The second-order valence-corrected chi connectivity index (χ2v) is 5.04. The number of nitrogens with two attached hydrogens (primary N) is 1. The Morgan fingerprint density at radius 3 is 2.43 bits per heavy atom. The Bertz CT molecular complexity index is 850. The lowest BCUT2D eigenvalue weighted by atomic mass is 10.0. The summed E-state index contributed by atoms with van der Waals surface area (Å²) >= 11 is 5.88. The molecule has 0 aliphatic heterocycles. The zero-order valence-electron chi connectivity index (χ0n) is 10.9. The van der Waals surface area contributed by atoms with Crippen molar-refractivity contribution >= 4 is 28.8 Å². The molecule has 1 amide bonds. The average Bonchev–Trinajstić information content (AvgIpc) is 2.86. The fourth-order valence-electron chi connectivity index (χ4n) is 2.32. The van der Waals surface area contributed by atoms with Crippen LogP contribution in [0.15, 0.2) is 54.7 Å². The number of ketones is 1. The first-order chi connectivity index (χ1) is 10.1. The predicted molar refractivity (Wildman–Crippen MR) is 81.4 cm³/mol. The number of hydrogen-bond acceptors (Lipinski definition) is 2. The fourth-order valence-corrected chi connectivity index (χ4v) is 2.45. The lowest BCUT2D eigenvalue weighted by Crippen LogP contribution is -2.24. The second-order valence-electron chi connectivity index (χ2n) is 4.60. The number of rotatable bonds is 3. The van der Waals surface area contributed by atoms with Gasteiger partial charge in [-0.2, -0.15) is 0 Å². The maximum Gasteiger partial charge on any atom is 0.291 e. The number of pyridine rings is 1. The summed E-state index contributed by atoms with van der Waals surface area (Å²) in [6.45, 7) is 0. The van der Waals surface area contributed by atoms with E-state index in [-0.39, 0.29) is 5.69 Å². The lowest BCUT2D eigenvalue weighted by molar-refractivity contribution is -0.114. The number of fused-ring (bicyclic) bond motifs is 1. The first kappa shape index (κ1) is 13.4. The van der Waals surface area contributed by atoms with Gasteiger partial charge in [0.15, 0.2) is 0 Å². The Balaban J connectivity index is 2.31. The number of Topliss-reactive ketones (excluding diaryl/α,β-unsaturated/α-hetero) is 1. The van der Waals surface area contributed by atoms with E-state index >= 15 is 0 Å². The van der Waals surface area contributed by atoms with Crippen LogP contribution in [0.1, 0.15) is 10.5 Å². The molecule has 0 unspecified atom stereocenters. The molecule has 2 aromatic heterocycles. The van der Waals surface area contributed by atoms with Gasteiger partial charge in [0, 0.05) is 22.3 Å². The van der Waals surface area contributed by atoms with Crippen LogP contribution in [-0.2, 0) is 4.79 Å². The van der Waals surface area contributed by atoms with Crippen molar-refractivity contribution in [1.82, 2.24) is 4.40 Å². The molecule has 0 fully saturated rings. The minimum atomic E-state index is -0.978. The highest BCUT2D eigenvalue weighted by molar-refractivity contribution is 6.43. The third-order valence-corrected chi connectivity index (χ3v) is 3.53. The maximum absolute atomic E-state index is 12.2. The summed E-state index contributed by atoms with van der Waals surface area (Å²) in [5, 5.41) is 0.602. The van der Waals surface area contributed by atoms with E-state index in [9.17, 15) is 9.59 Å². The molecule has 0 radical (unpaired) electrons. The molecule has 0 bridgehead atoms. The molecule has 21 heavy (non-hydrogen) atoms. The van der Waals surface area contributed by atoms with E-state index in [2.05, 4.69) is 0 Å². The van der Waals surface area contributed by atoms with Gasteiger partial charge < -0.3 is 10.1 Å². The van der Waals surface area contributed by atoms with Crippen molar-refractivity contribution in [3.8, 4) is 11.1 Å². The molecule has 1 aromatic carbocycles. The summed E-state index contributed by atoms with van der Waals surface area (Å²) in [4.78, 5) is 23.5. The molecule has 0 saturated heterocycles. The zero-order valence-corrected chi connectivity index (χ0v) is 11.7. The average molecular weight is 299 g/mol. The van der Waals surface area contributed by atoms with E-state index in [0.717, 1.165) is 11.1 Å². The molecule has 2 heterocycles. The number of carbonyl (C=O) groups is 2. The van der Waals surface area contributed by atoms with Gasteiger partial charge in [-0.05, 0) is 35.9 Å². The van der Waals surface area contributed by atoms with Crippen LogP contribution in [0.5, 0.6) is 0 Å². The highest BCUT2D eigenvalue weighted by Gasteiger charge is 2.22. The molecule has 0 aliphatic carbocycles. The highest BCUT2D eigenvalue weighted by atomic mass is 35.5. The maximum atomic E-state index is 12.2. The summed E-state index contributed by atoms with van der Waals surface area (Å²) in [6, 6.07) is 14.4. The van der Waals surface area contributed by atoms with Crippen LogP contribution >= 0.6 is 11.6 Å². The van der Waals surface area contributed by atoms with Gasteiger partial charge in [-0.25, -0.2) is 0 Å². The Hall–Kier alpha value is -2.59. The van der Waals surface area contributed by atoms with Crippen LogP contribution in [0.4, 0.5) is 0 Å². The van der Waals surface area contributed by atoms with Gasteiger partial charge in [0.1, 0.15) is 5.69 Å². The number of benzene rings is 1. The monoisotopic (exact) mass is 298 g/mol. The van der Waals surface area contributed by atoms with E-state index < -0.39 is 11.7 Å². The molecule has 4 nitrogen and oxygen atoms in total. The molecule has 104 valence electrons. The number of primary amides is 1. The van der Waals surface area contributed by atoms with Crippen molar-refractivity contribution in [2.45, 2.75) is 0 Å². The van der Waals surface area contributed by atoms with Gasteiger partial charge in [-0.3, -0.25) is 9.59 Å². The van der Waals surface area contributed by atoms with Crippen LogP contribution in [0.25, 0.3) is 16.6 Å². The molecule has 5 heteroatoms. The van der Waals surface area contributed by atoms with Gasteiger partial charge in [-0.15, -0.1) is 0 Å². The van der Waals surface area contributed by atoms with E-state index in [1.165, 1.54) is 0 Å². The Labute approximate surface area is 125 Å². The summed E-state index contributed by atoms with van der Waals surface area (Å²) in [6.07, 6.45) is 1.73. The molecular formula is C16H11ClN2O2. The molecule has 3 rings (SSSR count). The molecule has 0 atom stereocenters. The quantitative estimate of drug-likeness (QED) is 0.597. The van der Waals surface area contributed by atoms with Crippen molar-refractivity contribution in [3.05, 3.63) is 65.4 Å². The Morgan fingerprint density at radius 2 is 1.76 bits per heavy atom. The Morgan fingerprint density at radius 1 is 1.05 bits per heavy atom. The standard InChI is InChI=1S/C16H11ClN2O2/c17-11-6-4-10(5-7-11)13-9-12-3-1-2-8-19(12)14(13)15(20)16(18)21/h1-9H,(H2,18,21). The van der Waals surface area contributed by atoms with Crippen molar-refractivity contribution in [2.24, 2.45) is 5.73 Å². The smallest absolute Gasteiger partial charge is 0.291 e. The van der Waals surface area contributed by atoms with E-state index in [1.54, 1.807) is 40.9 Å². The van der Waals surface area contributed by atoms with Crippen LogP contribution < -0.4 is 5.73 Å². The normalized spacial score (nSPS) is 10.7. The van der Waals surface area contributed by atoms with Crippen molar-refractivity contribution in [1.29, 1.82) is 0 Å². The summed E-state index contributed by atoms with van der Waals surface area (Å²) in [7, 11) is 0. The summed E-state index contributed by atoms with van der Waals surface area (Å²) in [5.41, 5.74) is 7.70. The van der Waals surface area contributed by atoms with Crippen molar-refractivity contribution in [2.75, 3.05) is 0 Å². The molecule has 3 aromatic rings. The van der Waals surface area contributed by atoms with E-state index in [0.29, 0.717) is 10.6 Å². The number of halogens is 1. The van der Waals surface area contributed by atoms with Crippen LogP contribution in [0.3, 0.4) is 0 Å². The minimum absolute atomic E-state index is 0.264. The number of carbonyl (C=O) groups excluding carboxylic acids is 2. The Kier molecular flexibility index (Phi) is 3.23. The van der Waals surface area contributed by atoms with Gasteiger partial charge in [-0.1, -0.05) is 29.8 Å². The van der Waals surface area contributed by atoms with Gasteiger partial charge in [0.2, 0.25) is 0 Å². The molecule has 0 aliphatic rings.